The molecule has 7 nitrogen and oxygen atoms in total. The summed E-state index contributed by atoms with van der Waals surface area (Å²) in [5, 5.41) is 14.2. The number of tetrazole rings is 1. The summed E-state index contributed by atoms with van der Waals surface area (Å²) in [6.07, 6.45) is 5.67. The van der Waals surface area contributed by atoms with Crippen molar-refractivity contribution in [2.75, 3.05) is 0 Å². The lowest BCUT2D eigenvalue weighted by molar-refractivity contribution is 0.0791. The highest BCUT2D eigenvalue weighted by Crippen LogP contribution is 2.37. The number of fused-ring (bicyclic) bond motifs is 1. The predicted molar refractivity (Wildman–Crippen MR) is 137 cm³/mol. The van der Waals surface area contributed by atoms with Gasteiger partial charge < -0.3 is 4.98 Å². The summed E-state index contributed by atoms with van der Waals surface area (Å²) in [7, 11) is 0. The van der Waals surface area contributed by atoms with Crippen LogP contribution in [-0.4, -0.2) is 36.1 Å². The van der Waals surface area contributed by atoms with E-state index >= 15 is 0 Å². The van der Waals surface area contributed by atoms with Gasteiger partial charge in [-0.15, -0.1) is 5.10 Å². The van der Waals surface area contributed by atoms with Crippen molar-refractivity contribution < 1.29 is 0 Å². The standard InChI is InChI=1S/C27H40N6O/c1-8-27(6,7)33-25(29-30-31-33)24(17(2)3)32(21-11-9-10-12-21)16-20-15-22-19(5)13-18(4)14-23(22)28-26(20)34/h13-15,17,21,24H,8-12,16H2,1-7H3,(H,28,34)/t24-/m1/s1. The van der Waals surface area contributed by atoms with Crippen LogP contribution < -0.4 is 5.56 Å². The van der Waals surface area contributed by atoms with Crippen LogP contribution >= 0.6 is 0 Å². The van der Waals surface area contributed by atoms with E-state index in [1.807, 2.05) is 4.68 Å². The maximum atomic E-state index is 13.2. The monoisotopic (exact) mass is 464 g/mol. The van der Waals surface area contributed by atoms with Gasteiger partial charge >= 0.3 is 0 Å². The molecule has 1 fully saturated rings. The van der Waals surface area contributed by atoms with Crippen molar-refractivity contribution in [2.45, 2.75) is 105 Å². The van der Waals surface area contributed by atoms with E-state index in [9.17, 15) is 4.79 Å². The van der Waals surface area contributed by atoms with E-state index in [2.05, 4.69) is 92.1 Å². The zero-order chi connectivity index (χ0) is 24.6. The van der Waals surface area contributed by atoms with E-state index in [0.29, 0.717) is 18.5 Å². The van der Waals surface area contributed by atoms with E-state index in [-0.39, 0.29) is 17.1 Å². The first-order valence-corrected chi connectivity index (χ1v) is 12.8. The van der Waals surface area contributed by atoms with Gasteiger partial charge in [0, 0.05) is 29.1 Å². The molecular formula is C27H40N6O. The van der Waals surface area contributed by atoms with Crippen LogP contribution in [0.2, 0.25) is 0 Å². The maximum absolute atomic E-state index is 13.2. The molecule has 0 bridgehead atoms. The maximum Gasteiger partial charge on any atom is 0.252 e. The highest BCUT2D eigenvalue weighted by atomic mass is 16.1. The van der Waals surface area contributed by atoms with E-state index < -0.39 is 0 Å². The Hall–Kier alpha value is -2.54. The Labute approximate surface area is 202 Å². The quantitative estimate of drug-likeness (QED) is 0.482. The third-order valence-electron chi connectivity index (χ3n) is 7.72. The molecule has 0 spiro atoms. The van der Waals surface area contributed by atoms with Crippen LogP contribution in [0.15, 0.2) is 23.0 Å². The van der Waals surface area contributed by atoms with Crippen molar-refractivity contribution in [3.05, 3.63) is 51.1 Å². The summed E-state index contributed by atoms with van der Waals surface area (Å²) >= 11 is 0. The van der Waals surface area contributed by atoms with Gasteiger partial charge in [-0.05, 0) is 86.6 Å². The summed E-state index contributed by atoms with van der Waals surface area (Å²) in [6.45, 7) is 15.8. The van der Waals surface area contributed by atoms with Crippen LogP contribution in [0.1, 0.15) is 95.3 Å². The molecule has 1 aliphatic rings. The molecule has 1 aromatic carbocycles. The zero-order valence-corrected chi connectivity index (χ0v) is 21.9. The van der Waals surface area contributed by atoms with Gasteiger partial charge in [0.25, 0.3) is 5.56 Å². The first-order chi connectivity index (χ1) is 16.1. The molecule has 184 valence electrons. The lowest BCUT2D eigenvalue weighted by atomic mass is 9.95. The minimum Gasteiger partial charge on any atom is -0.322 e. The first-order valence-electron chi connectivity index (χ1n) is 12.8. The van der Waals surface area contributed by atoms with Gasteiger partial charge in [0.05, 0.1) is 11.6 Å². The molecule has 7 heteroatoms. The highest BCUT2D eigenvalue weighted by molar-refractivity contribution is 5.83. The molecule has 0 amide bonds. The third-order valence-corrected chi connectivity index (χ3v) is 7.72. The summed E-state index contributed by atoms with van der Waals surface area (Å²) in [6, 6.07) is 6.77. The molecule has 0 aliphatic heterocycles. The summed E-state index contributed by atoms with van der Waals surface area (Å²) < 4.78 is 2.01. The van der Waals surface area contributed by atoms with Gasteiger partial charge in [-0.2, -0.15) is 0 Å². The Morgan fingerprint density at radius 3 is 2.53 bits per heavy atom. The summed E-state index contributed by atoms with van der Waals surface area (Å²) in [5.74, 6) is 1.19. The average Bonchev–Trinajstić information content (AvgIpc) is 3.46. The third kappa shape index (κ3) is 4.67. The smallest absolute Gasteiger partial charge is 0.252 e. The van der Waals surface area contributed by atoms with E-state index in [0.717, 1.165) is 47.1 Å². The second-order valence-electron chi connectivity index (χ2n) is 11.1. The molecule has 4 rings (SSSR count). The number of H-pyrrole nitrogens is 1. The number of rotatable bonds is 8. The second-order valence-corrected chi connectivity index (χ2v) is 11.1. The number of hydrogen-bond donors (Lipinski definition) is 1. The van der Waals surface area contributed by atoms with Crippen molar-refractivity contribution in [1.29, 1.82) is 0 Å². The van der Waals surface area contributed by atoms with Crippen molar-refractivity contribution in [2.24, 2.45) is 5.92 Å². The van der Waals surface area contributed by atoms with Crippen LogP contribution in [-0.2, 0) is 12.1 Å². The van der Waals surface area contributed by atoms with Crippen LogP contribution in [0.25, 0.3) is 10.9 Å². The fourth-order valence-electron chi connectivity index (χ4n) is 5.51. The largest absolute Gasteiger partial charge is 0.322 e. The first kappa shape index (κ1) is 24.6. The van der Waals surface area contributed by atoms with E-state index in [1.54, 1.807) is 0 Å². The van der Waals surface area contributed by atoms with Crippen molar-refractivity contribution >= 4 is 10.9 Å². The lowest BCUT2D eigenvalue weighted by Gasteiger charge is -2.39. The predicted octanol–water partition coefficient (Wildman–Crippen LogP) is 5.42. The minimum atomic E-state index is -0.178. The highest BCUT2D eigenvalue weighted by Gasteiger charge is 2.37. The molecule has 34 heavy (non-hydrogen) atoms. The van der Waals surface area contributed by atoms with Crippen LogP contribution in [0, 0.1) is 19.8 Å². The molecule has 3 aromatic rings. The number of aromatic amines is 1. The van der Waals surface area contributed by atoms with Gasteiger partial charge in [-0.25, -0.2) is 4.68 Å². The molecule has 1 saturated carbocycles. The number of pyridine rings is 1. The number of benzene rings is 1. The van der Waals surface area contributed by atoms with Crippen LogP contribution in [0.5, 0.6) is 0 Å². The minimum absolute atomic E-state index is 0.00326. The Kier molecular flexibility index (Phi) is 6.94. The molecule has 1 atom stereocenters. The lowest BCUT2D eigenvalue weighted by Crippen LogP contribution is -2.42. The second kappa shape index (κ2) is 9.61. The molecule has 1 aliphatic carbocycles. The molecule has 0 saturated heterocycles. The van der Waals surface area contributed by atoms with E-state index in [4.69, 9.17) is 0 Å². The van der Waals surface area contributed by atoms with Gasteiger partial charge in [-0.3, -0.25) is 9.69 Å². The molecule has 2 aromatic heterocycles. The topological polar surface area (TPSA) is 79.7 Å². The molecule has 1 N–H and O–H groups in total. The number of nitrogens with zero attached hydrogens (tertiary/aromatic N) is 5. The Morgan fingerprint density at radius 1 is 1.18 bits per heavy atom. The van der Waals surface area contributed by atoms with Gasteiger partial charge in [0.15, 0.2) is 5.82 Å². The van der Waals surface area contributed by atoms with Gasteiger partial charge in [0.1, 0.15) is 0 Å². The fraction of sp³-hybridized carbons (Fsp3) is 0.630. The Balaban J connectivity index is 1.81. The normalized spacial score (nSPS) is 16.3. The Bertz CT molecular complexity index is 1200. The molecular weight excluding hydrogens is 424 g/mol. The summed E-state index contributed by atoms with van der Waals surface area (Å²) in [4.78, 5) is 18.9. The molecule has 0 radical (unpaired) electrons. The zero-order valence-electron chi connectivity index (χ0n) is 21.9. The van der Waals surface area contributed by atoms with Crippen molar-refractivity contribution in [3.63, 3.8) is 0 Å². The van der Waals surface area contributed by atoms with Crippen LogP contribution in [0.4, 0.5) is 0 Å². The van der Waals surface area contributed by atoms with Gasteiger partial charge in [0.2, 0.25) is 0 Å². The van der Waals surface area contributed by atoms with E-state index in [1.165, 1.54) is 18.4 Å². The molecule has 0 unspecified atom stereocenters. The Morgan fingerprint density at radius 2 is 1.88 bits per heavy atom. The van der Waals surface area contributed by atoms with Crippen molar-refractivity contribution in [1.82, 2.24) is 30.1 Å². The SMILES string of the molecule is CCC(C)(C)n1nnnc1[C@@H](C(C)C)N(Cc1cc2c(C)cc(C)cc2[nH]c1=O)C1CCCC1. The average molecular weight is 465 g/mol. The summed E-state index contributed by atoms with van der Waals surface area (Å²) in [5.41, 5.74) is 3.89. The number of aryl methyl sites for hydroxylation is 2. The number of nitrogens with one attached hydrogen (secondary N) is 1. The fourth-order valence-corrected chi connectivity index (χ4v) is 5.51. The van der Waals surface area contributed by atoms with Gasteiger partial charge in [-0.1, -0.05) is 39.7 Å². The van der Waals surface area contributed by atoms with Crippen molar-refractivity contribution in [3.8, 4) is 0 Å². The number of hydrogen-bond acceptors (Lipinski definition) is 5. The number of aromatic nitrogens is 5. The van der Waals surface area contributed by atoms with Crippen LogP contribution in [0.3, 0.4) is 0 Å². The molecule has 2 heterocycles.